The van der Waals surface area contributed by atoms with Crippen molar-refractivity contribution in [1.82, 2.24) is 4.90 Å². The number of piperidine rings is 1. The van der Waals surface area contributed by atoms with Gasteiger partial charge >= 0.3 is 5.97 Å². The zero-order valence-corrected chi connectivity index (χ0v) is 24.0. The molecule has 4 rings (SSSR count). The van der Waals surface area contributed by atoms with Gasteiger partial charge in [-0.25, -0.2) is 8.42 Å². The molecule has 1 unspecified atom stereocenters. The average molecular weight is 568 g/mol. The number of hydrogen-bond donors (Lipinski definition) is 3. The van der Waals surface area contributed by atoms with E-state index in [0.29, 0.717) is 29.3 Å². The average Bonchev–Trinajstić information content (AvgIpc) is 3.30. The predicted octanol–water partition coefficient (Wildman–Crippen LogP) is 3.46. The Bertz CT molecular complexity index is 1430. The van der Waals surface area contributed by atoms with E-state index >= 15 is 0 Å². The summed E-state index contributed by atoms with van der Waals surface area (Å²) in [6.45, 7) is 6.99. The van der Waals surface area contributed by atoms with E-state index in [0.717, 1.165) is 42.6 Å². The molecule has 10 nitrogen and oxygen atoms in total. The van der Waals surface area contributed by atoms with Crippen molar-refractivity contribution in [2.45, 2.75) is 52.2 Å². The van der Waals surface area contributed by atoms with E-state index in [1.165, 1.54) is 4.31 Å². The maximum absolute atomic E-state index is 13.5. The summed E-state index contributed by atoms with van der Waals surface area (Å²) in [5, 5.41) is 15.5. The molecule has 2 aliphatic heterocycles. The van der Waals surface area contributed by atoms with Crippen LogP contribution in [0.5, 0.6) is 5.75 Å². The van der Waals surface area contributed by atoms with Crippen LogP contribution in [-0.2, 0) is 26.0 Å². The van der Waals surface area contributed by atoms with E-state index in [1.54, 1.807) is 50.3 Å². The third kappa shape index (κ3) is 6.47. The number of fused-ring (bicyclic) bond motifs is 1. The minimum atomic E-state index is -4.05. The van der Waals surface area contributed by atoms with Crippen molar-refractivity contribution in [1.29, 1.82) is 10.8 Å². The number of hydrogen-bond acceptors (Lipinski definition) is 7. The summed E-state index contributed by atoms with van der Waals surface area (Å²) in [5.41, 5.74) is 9.22. The molecule has 2 aromatic carbocycles. The van der Waals surface area contributed by atoms with Gasteiger partial charge < -0.3 is 20.1 Å². The number of likely N-dealkylation sites (tertiary alicyclic amines) is 1. The highest BCUT2D eigenvalue weighted by atomic mass is 32.2. The number of nitrogen functional groups attached to an aromatic ring is 1. The first-order chi connectivity index (χ1) is 19.0. The summed E-state index contributed by atoms with van der Waals surface area (Å²) in [7, 11) is -4.05. The van der Waals surface area contributed by atoms with E-state index in [2.05, 4.69) is 0 Å². The molecule has 0 saturated carbocycles. The highest BCUT2D eigenvalue weighted by Crippen LogP contribution is 2.41. The van der Waals surface area contributed by atoms with Gasteiger partial charge in [-0.2, -0.15) is 0 Å². The number of amidine groups is 2. The van der Waals surface area contributed by atoms with Gasteiger partial charge in [0.15, 0.2) is 5.75 Å². The highest BCUT2D eigenvalue weighted by molar-refractivity contribution is 7.93. The zero-order chi connectivity index (χ0) is 29.0. The fourth-order valence-corrected chi connectivity index (χ4v) is 6.78. The fraction of sp³-hybridized carbons (Fsp3) is 0.414. The van der Waals surface area contributed by atoms with Gasteiger partial charge in [-0.05, 0) is 62.1 Å². The van der Waals surface area contributed by atoms with Gasteiger partial charge in [-0.3, -0.25) is 19.9 Å². The number of benzene rings is 2. The number of nitrogens with zero attached hydrogens (tertiary/aromatic N) is 2. The molecule has 0 spiro atoms. The SMILES string of the molecule is CCOC(=O)CS(=O)(=O)N1c2ccc(OC3CCN(C(C)=N)CC3)c(C)c2CC1/C=C/c1cccc(C(=N)N)c1. The molecule has 0 radical (unpaired) electrons. The smallest absolute Gasteiger partial charge is 0.323 e. The van der Waals surface area contributed by atoms with Crippen LogP contribution in [-0.4, -0.2) is 68.6 Å². The molecule has 1 atom stereocenters. The molecule has 11 heteroatoms. The number of ether oxygens (including phenoxy) is 2. The molecule has 40 heavy (non-hydrogen) atoms. The van der Waals surface area contributed by atoms with E-state index in [-0.39, 0.29) is 18.5 Å². The number of rotatable bonds is 9. The van der Waals surface area contributed by atoms with E-state index < -0.39 is 27.8 Å². The topological polar surface area (TPSA) is 150 Å². The molecule has 2 heterocycles. The molecule has 0 bridgehead atoms. The Kier molecular flexibility index (Phi) is 8.82. The summed E-state index contributed by atoms with van der Waals surface area (Å²) < 4.78 is 39.7. The van der Waals surface area contributed by atoms with Crippen molar-refractivity contribution < 1.29 is 22.7 Å². The van der Waals surface area contributed by atoms with Gasteiger partial charge in [0, 0.05) is 31.5 Å². The standard InChI is InChI=1S/C29H37N5O5S/c1-4-38-28(35)18-40(36,37)34-23(9-8-21-6-5-7-22(16-21)29(31)32)17-25-19(2)27(11-10-26(25)34)39-24-12-14-33(15-13-24)20(3)30/h5-11,16,23-24,30H,4,12-15,17-18H2,1-3H3,(H3,31,32)/b9-8+,30-20?. The van der Waals surface area contributed by atoms with Gasteiger partial charge in [0.05, 0.1) is 24.2 Å². The molecule has 0 amide bonds. The van der Waals surface area contributed by atoms with E-state index in [1.807, 2.05) is 24.0 Å². The Morgan fingerprint density at radius 3 is 2.55 bits per heavy atom. The minimum Gasteiger partial charge on any atom is -0.490 e. The lowest BCUT2D eigenvalue weighted by Gasteiger charge is -2.33. The molecular weight excluding hydrogens is 530 g/mol. The number of carbonyl (C=O) groups excluding carboxylic acids is 1. The maximum Gasteiger partial charge on any atom is 0.323 e. The Morgan fingerprint density at radius 2 is 1.90 bits per heavy atom. The molecule has 1 fully saturated rings. The number of carbonyl (C=O) groups is 1. The largest absolute Gasteiger partial charge is 0.490 e. The number of nitrogens with two attached hydrogens (primary N) is 1. The molecule has 0 aliphatic carbocycles. The van der Waals surface area contributed by atoms with Gasteiger partial charge in [0.2, 0.25) is 10.0 Å². The maximum atomic E-state index is 13.5. The third-order valence-electron chi connectivity index (χ3n) is 7.30. The fourth-order valence-electron chi connectivity index (χ4n) is 5.23. The summed E-state index contributed by atoms with van der Waals surface area (Å²) in [4.78, 5) is 14.2. The number of anilines is 1. The number of nitrogens with one attached hydrogen (secondary N) is 2. The van der Waals surface area contributed by atoms with Crippen LogP contribution < -0.4 is 14.8 Å². The van der Waals surface area contributed by atoms with Gasteiger partial charge in [0.1, 0.15) is 17.7 Å². The van der Waals surface area contributed by atoms with Crippen molar-refractivity contribution in [3.8, 4) is 5.75 Å². The summed E-state index contributed by atoms with van der Waals surface area (Å²) in [6, 6.07) is 10.1. The van der Waals surface area contributed by atoms with Crippen molar-refractivity contribution in [2.75, 3.05) is 29.8 Å². The van der Waals surface area contributed by atoms with Crippen LogP contribution in [0.4, 0.5) is 5.69 Å². The second-order valence-electron chi connectivity index (χ2n) is 10.1. The van der Waals surface area contributed by atoms with Gasteiger partial charge in [-0.15, -0.1) is 0 Å². The predicted molar refractivity (Wildman–Crippen MR) is 157 cm³/mol. The Balaban J connectivity index is 1.63. The molecule has 214 valence electrons. The molecule has 4 N–H and O–H groups in total. The first-order valence-electron chi connectivity index (χ1n) is 13.4. The minimum absolute atomic E-state index is 0.0154. The van der Waals surface area contributed by atoms with Crippen molar-refractivity contribution in [3.63, 3.8) is 0 Å². The second-order valence-corrected chi connectivity index (χ2v) is 11.9. The quantitative estimate of drug-likeness (QED) is 0.239. The van der Waals surface area contributed by atoms with Gasteiger partial charge in [0.25, 0.3) is 0 Å². The summed E-state index contributed by atoms with van der Waals surface area (Å²) in [6.07, 6.45) is 5.64. The van der Waals surface area contributed by atoms with Crippen molar-refractivity contribution >= 4 is 39.4 Å². The first kappa shape index (κ1) is 29.1. The highest BCUT2D eigenvalue weighted by Gasteiger charge is 2.39. The van der Waals surface area contributed by atoms with Crippen molar-refractivity contribution in [2.24, 2.45) is 5.73 Å². The lowest BCUT2D eigenvalue weighted by Crippen LogP contribution is -2.40. The van der Waals surface area contributed by atoms with Crippen LogP contribution in [0.1, 0.15) is 48.9 Å². The first-order valence-corrected chi connectivity index (χ1v) is 15.0. The van der Waals surface area contributed by atoms with E-state index in [9.17, 15) is 13.2 Å². The van der Waals surface area contributed by atoms with Gasteiger partial charge in [-0.1, -0.05) is 30.4 Å². The third-order valence-corrected chi connectivity index (χ3v) is 8.97. The van der Waals surface area contributed by atoms with Crippen LogP contribution in [0.2, 0.25) is 0 Å². The molecule has 2 aromatic rings. The van der Waals surface area contributed by atoms with Crippen LogP contribution in [0.15, 0.2) is 42.5 Å². The monoisotopic (exact) mass is 567 g/mol. The van der Waals surface area contributed by atoms with Crippen LogP contribution in [0, 0.1) is 17.7 Å². The summed E-state index contributed by atoms with van der Waals surface area (Å²) in [5.74, 6) is -0.332. The van der Waals surface area contributed by atoms with Crippen LogP contribution in [0.3, 0.4) is 0 Å². The van der Waals surface area contributed by atoms with E-state index in [4.69, 9.17) is 26.0 Å². The Hall–Kier alpha value is -3.86. The van der Waals surface area contributed by atoms with Crippen LogP contribution in [0.25, 0.3) is 6.08 Å². The van der Waals surface area contributed by atoms with Crippen LogP contribution >= 0.6 is 0 Å². The number of esters is 1. The Morgan fingerprint density at radius 1 is 1.18 bits per heavy atom. The lowest BCUT2D eigenvalue weighted by molar-refractivity contribution is -0.139. The molecule has 1 saturated heterocycles. The molecule has 0 aromatic heterocycles. The molecule has 2 aliphatic rings. The lowest BCUT2D eigenvalue weighted by atomic mass is 10.0. The Labute approximate surface area is 235 Å². The summed E-state index contributed by atoms with van der Waals surface area (Å²) >= 11 is 0. The normalized spacial score (nSPS) is 17.6. The second kappa shape index (κ2) is 12.1. The zero-order valence-electron chi connectivity index (χ0n) is 23.1. The molecular formula is C29H37N5O5S. The number of sulfonamides is 1. The van der Waals surface area contributed by atoms with Crippen molar-refractivity contribution in [3.05, 3.63) is 64.7 Å².